The van der Waals surface area contributed by atoms with Gasteiger partial charge in [-0.05, 0) is 13.3 Å². The third-order valence-electron chi connectivity index (χ3n) is 2.75. The summed E-state index contributed by atoms with van der Waals surface area (Å²) in [7, 11) is 0. The maximum Gasteiger partial charge on any atom is 0.246 e. The molecule has 1 saturated heterocycles. The zero-order valence-electron chi connectivity index (χ0n) is 9.88. The van der Waals surface area contributed by atoms with Gasteiger partial charge in [0.2, 0.25) is 5.91 Å². The maximum atomic E-state index is 11.5. The molecule has 0 spiro atoms. The van der Waals surface area contributed by atoms with Gasteiger partial charge in [-0.15, -0.1) is 0 Å². The Morgan fingerprint density at radius 2 is 2.38 bits per heavy atom. The first-order valence-corrected chi connectivity index (χ1v) is 5.60. The number of rotatable bonds is 6. The Kier molecular flexibility index (Phi) is 4.71. The molecule has 5 heteroatoms. The second-order valence-corrected chi connectivity index (χ2v) is 4.38. The lowest BCUT2D eigenvalue weighted by Gasteiger charge is -2.38. The van der Waals surface area contributed by atoms with Crippen LogP contribution in [0.5, 0.6) is 0 Å². The molecule has 0 bridgehead atoms. The molecule has 1 rings (SSSR count). The lowest BCUT2D eigenvalue weighted by atomic mass is 10.0. The molecule has 0 saturated carbocycles. The topological polar surface area (TPSA) is 74.2 Å². The average Bonchev–Trinajstić information content (AvgIpc) is 2.23. The van der Waals surface area contributed by atoms with E-state index in [-0.39, 0.29) is 24.2 Å². The molecule has 0 aromatic rings. The number of carbonyl (C=O) groups excluding carboxylic acids is 1. The van der Waals surface area contributed by atoms with E-state index in [0.29, 0.717) is 6.42 Å². The SMILES string of the molecule is CCC(CC#N)NC(=O)COC1(C)CNC1. The minimum absolute atomic E-state index is 0.0616. The van der Waals surface area contributed by atoms with Crippen LogP contribution in [0.1, 0.15) is 26.7 Å². The summed E-state index contributed by atoms with van der Waals surface area (Å²) < 4.78 is 5.49. The van der Waals surface area contributed by atoms with E-state index in [1.165, 1.54) is 0 Å². The molecular formula is C11H19N3O2. The average molecular weight is 225 g/mol. The minimum atomic E-state index is -0.200. The third-order valence-corrected chi connectivity index (χ3v) is 2.75. The molecule has 1 aliphatic heterocycles. The Labute approximate surface area is 96.2 Å². The Balaban J connectivity index is 2.22. The number of amides is 1. The standard InChI is InChI=1S/C11H19N3O2/c1-3-9(4-5-12)14-10(15)6-16-11(2)7-13-8-11/h9,13H,3-4,6-8H2,1-2H3,(H,14,15). The summed E-state index contributed by atoms with van der Waals surface area (Å²) in [6.45, 7) is 5.56. The zero-order chi connectivity index (χ0) is 12.0. The van der Waals surface area contributed by atoms with Gasteiger partial charge in [0, 0.05) is 19.1 Å². The minimum Gasteiger partial charge on any atom is -0.363 e. The van der Waals surface area contributed by atoms with Crippen molar-refractivity contribution >= 4 is 5.91 Å². The zero-order valence-corrected chi connectivity index (χ0v) is 9.88. The Bertz CT molecular complexity index is 281. The van der Waals surface area contributed by atoms with Crippen molar-refractivity contribution in [1.82, 2.24) is 10.6 Å². The lowest BCUT2D eigenvalue weighted by molar-refractivity contribution is -0.136. The monoisotopic (exact) mass is 225 g/mol. The van der Waals surface area contributed by atoms with E-state index in [0.717, 1.165) is 19.5 Å². The molecule has 1 aliphatic rings. The van der Waals surface area contributed by atoms with Gasteiger partial charge >= 0.3 is 0 Å². The van der Waals surface area contributed by atoms with E-state index in [2.05, 4.69) is 16.7 Å². The van der Waals surface area contributed by atoms with E-state index in [1.807, 2.05) is 13.8 Å². The fraction of sp³-hybridized carbons (Fsp3) is 0.818. The molecule has 1 amide bonds. The Hall–Kier alpha value is -1.12. The van der Waals surface area contributed by atoms with Crippen molar-refractivity contribution in [3.8, 4) is 6.07 Å². The summed E-state index contributed by atoms with van der Waals surface area (Å²) in [6.07, 6.45) is 1.11. The van der Waals surface area contributed by atoms with Gasteiger partial charge < -0.3 is 15.4 Å². The van der Waals surface area contributed by atoms with Crippen molar-refractivity contribution < 1.29 is 9.53 Å². The van der Waals surface area contributed by atoms with Crippen LogP contribution in [0, 0.1) is 11.3 Å². The highest BCUT2D eigenvalue weighted by Gasteiger charge is 2.33. The molecule has 90 valence electrons. The van der Waals surface area contributed by atoms with Crippen LogP contribution in [0.2, 0.25) is 0 Å². The van der Waals surface area contributed by atoms with Gasteiger partial charge in [0.15, 0.2) is 0 Å². The van der Waals surface area contributed by atoms with Crippen LogP contribution in [0.15, 0.2) is 0 Å². The maximum absolute atomic E-state index is 11.5. The van der Waals surface area contributed by atoms with Gasteiger partial charge in [0.25, 0.3) is 0 Å². The van der Waals surface area contributed by atoms with Crippen LogP contribution in [0.4, 0.5) is 0 Å². The van der Waals surface area contributed by atoms with E-state index in [9.17, 15) is 4.79 Å². The summed E-state index contributed by atoms with van der Waals surface area (Å²) in [5.74, 6) is -0.143. The second kappa shape index (κ2) is 5.83. The van der Waals surface area contributed by atoms with Crippen LogP contribution < -0.4 is 10.6 Å². The highest BCUT2D eigenvalue weighted by Crippen LogP contribution is 2.14. The smallest absolute Gasteiger partial charge is 0.246 e. The number of hydrogen-bond acceptors (Lipinski definition) is 4. The number of ether oxygens (including phenoxy) is 1. The predicted molar refractivity (Wildman–Crippen MR) is 59.7 cm³/mol. The van der Waals surface area contributed by atoms with Crippen LogP contribution in [-0.4, -0.2) is 37.2 Å². The molecule has 0 radical (unpaired) electrons. The molecule has 0 aromatic carbocycles. The second-order valence-electron chi connectivity index (χ2n) is 4.38. The normalized spacial score (nSPS) is 19.3. The third kappa shape index (κ3) is 3.80. The summed E-state index contributed by atoms with van der Waals surface area (Å²) in [5.41, 5.74) is -0.200. The lowest BCUT2D eigenvalue weighted by Crippen LogP contribution is -2.59. The van der Waals surface area contributed by atoms with Crippen LogP contribution in [0.25, 0.3) is 0 Å². The number of nitriles is 1. The van der Waals surface area contributed by atoms with E-state index < -0.39 is 0 Å². The fourth-order valence-corrected chi connectivity index (χ4v) is 1.50. The van der Waals surface area contributed by atoms with Crippen molar-refractivity contribution in [2.24, 2.45) is 0 Å². The van der Waals surface area contributed by atoms with Crippen molar-refractivity contribution in [3.05, 3.63) is 0 Å². The van der Waals surface area contributed by atoms with Gasteiger partial charge in [-0.25, -0.2) is 0 Å². The number of hydrogen-bond donors (Lipinski definition) is 2. The van der Waals surface area contributed by atoms with Crippen LogP contribution in [0.3, 0.4) is 0 Å². The molecule has 16 heavy (non-hydrogen) atoms. The van der Waals surface area contributed by atoms with Crippen molar-refractivity contribution in [2.75, 3.05) is 19.7 Å². The number of nitrogens with zero attached hydrogens (tertiary/aromatic N) is 1. The van der Waals surface area contributed by atoms with Crippen molar-refractivity contribution in [1.29, 1.82) is 5.26 Å². The molecule has 1 heterocycles. The van der Waals surface area contributed by atoms with Crippen LogP contribution >= 0.6 is 0 Å². The van der Waals surface area contributed by atoms with E-state index in [1.54, 1.807) is 0 Å². The molecule has 2 N–H and O–H groups in total. The molecule has 0 aliphatic carbocycles. The van der Waals surface area contributed by atoms with Crippen molar-refractivity contribution in [2.45, 2.75) is 38.3 Å². The molecule has 0 aromatic heterocycles. The molecular weight excluding hydrogens is 206 g/mol. The number of nitrogens with one attached hydrogen (secondary N) is 2. The Morgan fingerprint density at radius 1 is 1.69 bits per heavy atom. The highest BCUT2D eigenvalue weighted by molar-refractivity contribution is 5.77. The summed E-state index contributed by atoms with van der Waals surface area (Å²) in [4.78, 5) is 11.5. The molecule has 1 fully saturated rings. The van der Waals surface area contributed by atoms with Gasteiger partial charge in [0.05, 0.1) is 18.1 Å². The van der Waals surface area contributed by atoms with Gasteiger partial charge in [-0.1, -0.05) is 6.92 Å². The first kappa shape index (κ1) is 12.9. The quantitative estimate of drug-likeness (QED) is 0.676. The number of carbonyl (C=O) groups is 1. The molecule has 1 atom stereocenters. The molecule has 5 nitrogen and oxygen atoms in total. The Morgan fingerprint density at radius 3 is 2.81 bits per heavy atom. The first-order valence-electron chi connectivity index (χ1n) is 5.60. The molecule has 1 unspecified atom stereocenters. The van der Waals surface area contributed by atoms with E-state index >= 15 is 0 Å². The summed E-state index contributed by atoms with van der Waals surface area (Å²) in [6, 6.07) is 1.99. The first-order chi connectivity index (χ1) is 7.59. The fourth-order valence-electron chi connectivity index (χ4n) is 1.50. The largest absolute Gasteiger partial charge is 0.363 e. The van der Waals surface area contributed by atoms with Gasteiger partial charge in [-0.3, -0.25) is 4.79 Å². The van der Waals surface area contributed by atoms with Crippen LogP contribution in [-0.2, 0) is 9.53 Å². The van der Waals surface area contributed by atoms with Gasteiger partial charge in [-0.2, -0.15) is 5.26 Å². The van der Waals surface area contributed by atoms with Crippen molar-refractivity contribution in [3.63, 3.8) is 0 Å². The van der Waals surface area contributed by atoms with Gasteiger partial charge in [0.1, 0.15) is 6.61 Å². The highest BCUT2D eigenvalue weighted by atomic mass is 16.5. The summed E-state index contributed by atoms with van der Waals surface area (Å²) in [5, 5.41) is 14.4. The summed E-state index contributed by atoms with van der Waals surface area (Å²) >= 11 is 0. The van der Waals surface area contributed by atoms with E-state index in [4.69, 9.17) is 10.00 Å². The predicted octanol–water partition coefficient (Wildman–Crippen LogP) is 0.173.